The molecule has 2 rings (SSSR count). The minimum Gasteiger partial charge on any atom is -0.288 e. The summed E-state index contributed by atoms with van der Waals surface area (Å²) >= 11 is 0. The van der Waals surface area contributed by atoms with Gasteiger partial charge in [0, 0.05) is 20.0 Å². The van der Waals surface area contributed by atoms with Gasteiger partial charge in [-0.15, -0.1) is 0 Å². The van der Waals surface area contributed by atoms with Gasteiger partial charge in [0.25, 0.3) is 0 Å². The average molecular weight is 222 g/mol. The van der Waals surface area contributed by atoms with E-state index < -0.39 is 11.8 Å². The van der Waals surface area contributed by atoms with Gasteiger partial charge in [-0.25, -0.2) is 4.98 Å². The molecule has 2 N–H and O–H groups in total. The molecule has 1 saturated heterocycles. The lowest BCUT2D eigenvalue weighted by Gasteiger charge is -1.94. The molecule has 0 atom stereocenters. The molecule has 2 heterocycles. The van der Waals surface area contributed by atoms with Crippen LogP contribution in [0.2, 0.25) is 0 Å². The topological polar surface area (TPSA) is 101 Å². The van der Waals surface area contributed by atoms with Crippen molar-refractivity contribution in [1.29, 1.82) is 0 Å². The van der Waals surface area contributed by atoms with E-state index >= 15 is 0 Å². The Labute approximate surface area is 90.8 Å². The predicted molar refractivity (Wildman–Crippen MR) is 53.3 cm³/mol. The van der Waals surface area contributed by atoms with E-state index in [1.54, 1.807) is 18.1 Å². The second-order valence-electron chi connectivity index (χ2n) is 3.22. The van der Waals surface area contributed by atoms with Crippen molar-refractivity contribution < 1.29 is 9.59 Å². The summed E-state index contributed by atoms with van der Waals surface area (Å²) in [4.78, 5) is 29.6. The molecule has 1 aliphatic rings. The smallest absolute Gasteiger partial charge is 0.288 e. The summed E-state index contributed by atoms with van der Waals surface area (Å²) in [5.74, 6) is -0.516. The van der Waals surface area contributed by atoms with Crippen LogP contribution in [0.15, 0.2) is 11.3 Å². The number of aromatic nitrogens is 3. The first-order valence-corrected chi connectivity index (χ1v) is 4.66. The average Bonchev–Trinajstić information content (AvgIpc) is 2.75. The molecule has 1 aliphatic heterocycles. The van der Waals surface area contributed by atoms with Crippen molar-refractivity contribution in [2.45, 2.75) is 6.42 Å². The van der Waals surface area contributed by atoms with Gasteiger partial charge in [0.1, 0.15) is 6.33 Å². The number of guanidine groups is 1. The van der Waals surface area contributed by atoms with Crippen molar-refractivity contribution in [3.05, 3.63) is 12.2 Å². The van der Waals surface area contributed by atoms with E-state index in [0.717, 1.165) is 0 Å². The maximum atomic E-state index is 10.8. The van der Waals surface area contributed by atoms with Gasteiger partial charge in [-0.1, -0.05) is 0 Å². The first-order valence-electron chi connectivity index (χ1n) is 4.66. The monoisotopic (exact) mass is 222 g/mol. The van der Waals surface area contributed by atoms with Crippen LogP contribution in [0.1, 0.15) is 5.82 Å². The Morgan fingerprint density at radius 1 is 1.38 bits per heavy atom. The lowest BCUT2D eigenvalue weighted by Crippen LogP contribution is -2.26. The van der Waals surface area contributed by atoms with Crippen LogP contribution >= 0.6 is 0 Å². The van der Waals surface area contributed by atoms with E-state index in [2.05, 4.69) is 25.7 Å². The van der Waals surface area contributed by atoms with Gasteiger partial charge in [0.15, 0.2) is 5.82 Å². The van der Waals surface area contributed by atoms with Crippen molar-refractivity contribution in [2.75, 3.05) is 6.54 Å². The molecular weight excluding hydrogens is 212 g/mol. The molecule has 84 valence electrons. The lowest BCUT2D eigenvalue weighted by atomic mass is 10.4. The van der Waals surface area contributed by atoms with E-state index in [0.29, 0.717) is 18.8 Å². The number of nitrogens with zero attached hydrogens (tertiary/aromatic N) is 4. The molecule has 0 bridgehead atoms. The standard InChI is InChI=1S/C8H10N6O2/c1-14-4-10-5(13-14)2-3-9-8-11-6(15)7(16)12-8/h4H,2-3H2,1H3,(H2,9,11,12,15,16). The number of nitrogens with one attached hydrogen (secondary N) is 2. The van der Waals surface area contributed by atoms with Crippen LogP contribution in [-0.4, -0.2) is 39.1 Å². The number of amides is 2. The molecule has 8 heteroatoms. The molecule has 1 aromatic heterocycles. The summed E-state index contributed by atoms with van der Waals surface area (Å²) in [6, 6.07) is 0. The lowest BCUT2D eigenvalue weighted by molar-refractivity contribution is -0.135. The highest BCUT2D eigenvalue weighted by atomic mass is 16.2. The van der Waals surface area contributed by atoms with Crippen molar-refractivity contribution in [1.82, 2.24) is 25.4 Å². The number of carbonyl (C=O) groups excluding carboxylic acids is 2. The maximum absolute atomic E-state index is 10.8. The summed E-state index contributed by atoms with van der Waals surface area (Å²) in [6.07, 6.45) is 2.15. The summed E-state index contributed by atoms with van der Waals surface area (Å²) in [7, 11) is 1.78. The van der Waals surface area contributed by atoms with E-state index in [-0.39, 0.29) is 5.96 Å². The number of rotatable bonds is 3. The quantitative estimate of drug-likeness (QED) is 0.575. The van der Waals surface area contributed by atoms with Gasteiger partial charge in [-0.2, -0.15) is 5.10 Å². The van der Waals surface area contributed by atoms with Gasteiger partial charge in [-0.3, -0.25) is 29.9 Å². The molecule has 0 spiro atoms. The van der Waals surface area contributed by atoms with E-state index in [1.165, 1.54) is 0 Å². The third-order valence-corrected chi connectivity index (χ3v) is 1.92. The summed E-state index contributed by atoms with van der Waals surface area (Å²) in [6.45, 7) is 0.403. The van der Waals surface area contributed by atoms with Crippen molar-refractivity contribution in [3.8, 4) is 0 Å². The Bertz CT molecular complexity index is 445. The van der Waals surface area contributed by atoms with Crippen LogP contribution in [-0.2, 0) is 23.1 Å². The third-order valence-electron chi connectivity index (χ3n) is 1.92. The van der Waals surface area contributed by atoms with E-state index in [4.69, 9.17) is 0 Å². The largest absolute Gasteiger partial charge is 0.316 e. The van der Waals surface area contributed by atoms with Gasteiger partial charge >= 0.3 is 11.8 Å². The van der Waals surface area contributed by atoms with Crippen LogP contribution in [0, 0.1) is 0 Å². The van der Waals surface area contributed by atoms with Crippen molar-refractivity contribution in [3.63, 3.8) is 0 Å². The molecule has 0 aromatic carbocycles. The van der Waals surface area contributed by atoms with Gasteiger partial charge in [0.05, 0.1) is 0 Å². The summed E-state index contributed by atoms with van der Waals surface area (Å²) in [5.41, 5.74) is 0. The second-order valence-corrected chi connectivity index (χ2v) is 3.22. The third kappa shape index (κ3) is 2.22. The highest BCUT2D eigenvalue weighted by Gasteiger charge is 2.24. The van der Waals surface area contributed by atoms with Crippen LogP contribution in [0.25, 0.3) is 0 Å². The molecule has 2 amide bonds. The molecule has 0 radical (unpaired) electrons. The number of aliphatic imine (C=N–C) groups is 1. The summed E-state index contributed by atoms with van der Waals surface area (Å²) in [5, 5.41) is 8.67. The molecule has 1 aromatic rings. The van der Waals surface area contributed by atoms with Crippen LogP contribution in [0.4, 0.5) is 0 Å². The van der Waals surface area contributed by atoms with Gasteiger partial charge in [0.2, 0.25) is 5.96 Å². The minimum absolute atomic E-state index is 0.186. The fraction of sp³-hybridized carbons (Fsp3) is 0.375. The zero-order valence-corrected chi connectivity index (χ0v) is 8.60. The minimum atomic E-state index is -0.685. The second kappa shape index (κ2) is 4.09. The van der Waals surface area contributed by atoms with Gasteiger partial charge < -0.3 is 0 Å². The van der Waals surface area contributed by atoms with Crippen LogP contribution in [0.5, 0.6) is 0 Å². The molecule has 8 nitrogen and oxygen atoms in total. The Balaban J connectivity index is 1.86. The highest BCUT2D eigenvalue weighted by molar-refractivity contribution is 6.45. The summed E-state index contributed by atoms with van der Waals surface area (Å²) < 4.78 is 1.60. The SMILES string of the molecule is Cn1cnc(CCN=C2NC(=O)C(=O)N2)n1. The van der Waals surface area contributed by atoms with Crippen molar-refractivity contribution >= 4 is 17.8 Å². The predicted octanol–water partition coefficient (Wildman–Crippen LogP) is -2.04. The highest BCUT2D eigenvalue weighted by Crippen LogP contribution is 1.91. The number of aryl methyl sites for hydroxylation is 1. The first kappa shape index (κ1) is 10.3. The Morgan fingerprint density at radius 3 is 2.62 bits per heavy atom. The van der Waals surface area contributed by atoms with Gasteiger partial charge in [-0.05, 0) is 0 Å². The fourth-order valence-corrected chi connectivity index (χ4v) is 1.21. The first-order chi connectivity index (χ1) is 7.65. The molecule has 0 aliphatic carbocycles. The molecule has 0 unspecified atom stereocenters. The van der Waals surface area contributed by atoms with Crippen LogP contribution in [0.3, 0.4) is 0 Å². The molecule has 0 saturated carbocycles. The molecule has 1 fully saturated rings. The molecular formula is C8H10N6O2. The number of hydrogen-bond donors (Lipinski definition) is 2. The molecule has 16 heavy (non-hydrogen) atoms. The van der Waals surface area contributed by atoms with E-state index in [1.807, 2.05) is 0 Å². The maximum Gasteiger partial charge on any atom is 0.316 e. The van der Waals surface area contributed by atoms with E-state index in [9.17, 15) is 9.59 Å². The zero-order chi connectivity index (χ0) is 11.5. The normalized spacial score (nSPS) is 14.9. The Morgan fingerprint density at radius 2 is 2.06 bits per heavy atom. The van der Waals surface area contributed by atoms with Crippen molar-refractivity contribution in [2.24, 2.45) is 12.0 Å². The fourth-order valence-electron chi connectivity index (χ4n) is 1.21. The van der Waals surface area contributed by atoms with Crippen LogP contribution < -0.4 is 10.6 Å². The number of hydrogen-bond acceptors (Lipinski definition) is 5. The Kier molecular flexibility index (Phi) is 2.63. The number of carbonyl (C=O) groups is 2. The zero-order valence-electron chi connectivity index (χ0n) is 8.60. The Hall–Kier alpha value is -2.25.